The van der Waals surface area contributed by atoms with Gasteiger partial charge in [0.1, 0.15) is 11.5 Å². The maximum Gasteiger partial charge on any atom is 0.229 e. The SMILES string of the molecule is Fc1ccc(Nc2ncc3ccn(-c4ccc(C5CNCCO5)cc4)c3n2)cc1. The highest BCUT2D eigenvalue weighted by Crippen LogP contribution is 2.24. The van der Waals surface area contributed by atoms with Crippen molar-refractivity contribution in [3.63, 3.8) is 0 Å². The summed E-state index contributed by atoms with van der Waals surface area (Å²) in [5.41, 5.74) is 3.70. The smallest absolute Gasteiger partial charge is 0.229 e. The number of nitrogens with one attached hydrogen (secondary N) is 2. The zero-order valence-electron chi connectivity index (χ0n) is 15.7. The first-order chi connectivity index (χ1) is 14.3. The summed E-state index contributed by atoms with van der Waals surface area (Å²) < 4.78 is 21.0. The molecule has 0 radical (unpaired) electrons. The minimum atomic E-state index is -0.279. The molecule has 0 spiro atoms. The van der Waals surface area contributed by atoms with E-state index in [2.05, 4.69) is 44.9 Å². The van der Waals surface area contributed by atoms with Crippen LogP contribution in [0, 0.1) is 5.82 Å². The average molecular weight is 389 g/mol. The molecule has 146 valence electrons. The Bertz CT molecular complexity index is 1120. The Kier molecular flexibility index (Phi) is 4.67. The third-order valence-corrected chi connectivity index (χ3v) is 5.00. The minimum absolute atomic E-state index is 0.0908. The van der Waals surface area contributed by atoms with E-state index in [1.807, 2.05) is 16.8 Å². The Morgan fingerprint density at radius 1 is 1.07 bits per heavy atom. The quantitative estimate of drug-likeness (QED) is 0.553. The second kappa shape index (κ2) is 7.62. The van der Waals surface area contributed by atoms with E-state index in [9.17, 15) is 4.39 Å². The fourth-order valence-electron chi connectivity index (χ4n) is 3.48. The summed E-state index contributed by atoms with van der Waals surface area (Å²) in [6.07, 6.45) is 3.85. The number of hydrogen-bond acceptors (Lipinski definition) is 5. The highest BCUT2D eigenvalue weighted by Gasteiger charge is 2.15. The standard InChI is InChI=1S/C22H20FN5O/c23-17-3-5-18(6-4-17)26-22-25-13-16-9-11-28(21(16)27-22)19-7-1-15(2-8-19)20-14-24-10-12-29-20/h1-9,11,13,20,24H,10,12,14H2,(H,25,26,27). The molecule has 1 unspecified atom stereocenters. The van der Waals surface area contributed by atoms with Gasteiger partial charge < -0.3 is 19.9 Å². The zero-order chi connectivity index (χ0) is 19.6. The van der Waals surface area contributed by atoms with E-state index < -0.39 is 0 Å². The summed E-state index contributed by atoms with van der Waals surface area (Å²) in [4.78, 5) is 9.01. The van der Waals surface area contributed by atoms with Crippen molar-refractivity contribution < 1.29 is 9.13 Å². The summed E-state index contributed by atoms with van der Waals surface area (Å²) in [6.45, 7) is 2.46. The Morgan fingerprint density at radius 3 is 2.66 bits per heavy atom. The molecule has 0 amide bonds. The van der Waals surface area contributed by atoms with Crippen LogP contribution < -0.4 is 10.6 Å². The Labute approximate surface area is 167 Å². The Balaban J connectivity index is 1.43. The van der Waals surface area contributed by atoms with Crippen LogP contribution in [-0.4, -0.2) is 34.2 Å². The van der Waals surface area contributed by atoms with E-state index in [0.717, 1.165) is 47.7 Å². The molecule has 3 heterocycles. The molecule has 0 saturated carbocycles. The van der Waals surface area contributed by atoms with Crippen LogP contribution in [0.15, 0.2) is 67.0 Å². The van der Waals surface area contributed by atoms with E-state index in [4.69, 9.17) is 4.74 Å². The van der Waals surface area contributed by atoms with Crippen molar-refractivity contribution in [2.75, 3.05) is 25.0 Å². The predicted octanol–water partition coefficient (Wildman–Crippen LogP) is 3.96. The fraction of sp³-hybridized carbons (Fsp3) is 0.182. The predicted molar refractivity (Wildman–Crippen MR) is 110 cm³/mol. The number of benzene rings is 2. The first-order valence-electron chi connectivity index (χ1n) is 9.56. The largest absolute Gasteiger partial charge is 0.371 e. The van der Waals surface area contributed by atoms with Gasteiger partial charge in [-0.25, -0.2) is 9.37 Å². The molecule has 1 saturated heterocycles. The van der Waals surface area contributed by atoms with Crippen molar-refractivity contribution in [1.29, 1.82) is 0 Å². The molecule has 29 heavy (non-hydrogen) atoms. The van der Waals surface area contributed by atoms with Gasteiger partial charge in [0.15, 0.2) is 0 Å². The maximum atomic E-state index is 13.1. The Morgan fingerprint density at radius 2 is 1.90 bits per heavy atom. The number of rotatable bonds is 4. The summed E-state index contributed by atoms with van der Waals surface area (Å²) in [5.74, 6) is 0.181. The van der Waals surface area contributed by atoms with Crippen LogP contribution in [0.25, 0.3) is 16.7 Å². The van der Waals surface area contributed by atoms with Crippen LogP contribution >= 0.6 is 0 Å². The van der Waals surface area contributed by atoms with Crippen molar-refractivity contribution in [1.82, 2.24) is 19.9 Å². The average Bonchev–Trinajstić information content (AvgIpc) is 3.19. The molecule has 7 heteroatoms. The molecule has 2 N–H and O–H groups in total. The number of fused-ring (bicyclic) bond motifs is 1. The molecule has 1 atom stereocenters. The van der Waals surface area contributed by atoms with Crippen LogP contribution in [-0.2, 0) is 4.74 Å². The minimum Gasteiger partial charge on any atom is -0.371 e. The van der Waals surface area contributed by atoms with Crippen molar-refractivity contribution in [3.05, 3.63) is 78.4 Å². The summed E-state index contributed by atoms with van der Waals surface area (Å²) in [6, 6.07) is 16.4. The lowest BCUT2D eigenvalue weighted by molar-refractivity contribution is 0.0277. The van der Waals surface area contributed by atoms with Gasteiger partial charge in [0.05, 0.1) is 12.7 Å². The van der Waals surface area contributed by atoms with Gasteiger partial charge in [-0.2, -0.15) is 4.98 Å². The van der Waals surface area contributed by atoms with Crippen LogP contribution in [0.1, 0.15) is 11.7 Å². The number of aromatic nitrogens is 3. The number of ether oxygens (including phenoxy) is 1. The molecule has 2 aromatic heterocycles. The lowest BCUT2D eigenvalue weighted by Gasteiger charge is -2.24. The number of hydrogen-bond donors (Lipinski definition) is 2. The highest BCUT2D eigenvalue weighted by molar-refractivity contribution is 5.78. The van der Waals surface area contributed by atoms with Crippen molar-refractivity contribution >= 4 is 22.7 Å². The van der Waals surface area contributed by atoms with Gasteiger partial charge in [-0.1, -0.05) is 12.1 Å². The fourth-order valence-corrected chi connectivity index (χ4v) is 3.48. The zero-order valence-corrected chi connectivity index (χ0v) is 15.7. The lowest BCUT2D eigenvalue weighted by Crippen LogP contribution is -2.33. The van der Waals surface area contributed by atoms with Crippen LogP contribution in [0.3, 0.4) is 0 Å². The lowest BCUT2D eigenvalue weighted by atomic mass is 10.1. The van der Waals surface area contributed by atoms with Crippen molar-refractivity contribution in [2.24, 2.45) is 0 Å². The van der Waals surface area contributed by atoms with Crippen molar-refractivity contribution in [2.45, 2.75) is 6.10 Å². The number of nitrogens with zero attached hydrogens (tertiary/aromatic N) is 3. The normalized spacial score (nSPS) is 16.8. The number of halogens is 1. The summed E-state index contributed by atoms with van der Waals surface area (Å²) in [5, 5.41) is 7.42. The van der Waals surface area contributed by atoms with Gasteiger partial charge in [-0.15, -0.1) is 0 Å². The molecule has 5 rings (SSSR count). The molecule has 1 fully saturated rings. The van der Waals surface area contributed by atoms with E-state index in [1.165, 1.54) is 12.1 Å². The van der Waals surface area contributed by atoms with Gasteiger partial charge in [-0.3, -0.25) is 0 Å². The second-order valence-electron chi connectivity index (χ2n) is 6.95. The van der Waals surface area contributed by atoms with Gasteiger partial charge in [-0.05, 0) is 48.0 Å². The molecule has 0 aliphatic carbocycles. The van der Waals surface area contributed by atoms with Crippen LogP contribution in [0.2, 0.25) is 0 Å². The van der Waals surface area contributed by atoms with Crippen molar-refractivity contribution in [3.8, 4) is 5.69 Å². The topological polar surface area (TPSA) is 64.0 Å². The van der Waals surface area contributed by atoms with Gasteiger partial charge in [0.2, 0.25) is 5.95 Å². The van der Waals surface area contributed by atoms with Gasteiger partial charge >= 0.3 is 0 Å². The molecule has 6 nitrogen and oxygen atoms in total. The van der Waals surface area contributed by atoms with E-state index in [-0.39, 0.29) is 11.9 Å². The maximum absolute atomic E-state index is 13.1. The molecule has 2 aromatic carbocycles. The van der Waals surface area contributed by atoms with Crippen LogP contribution in [0.4, 0.5) is 16.0 Å². The van der Waals surface area contributed by atoms with E-state index >= 15 is 0 Å². The molecule has 1 aliphatic heterocycles. The molecular formula is C22H20FN5O. The molecule has 0 bridgehead atoms. The van der Waals surface area contributed by atoms with Crippen LogP contribution in [0.5, 0.6) is 0 Å². The third kappa shape index (κ3) is 3.70. The molecule has 1 aliphatic rings. The summed E-state index contributed by atoms with van der Waals surface area (Å²) in [7, 11) is 0. The van der Waals surface area contributed by atoms with E-state index in [0.29, 0.717) is 5.95 Å². The third-order valence-electron chi connectivity index (χ3n) is 5.00. The Hall–Kier alpha value is -3.29. The molecular weight excluding hydrogens is 369 g/mol. The van der Waals surface area contributed by atoms with Gasteiger partial charge in [0.25, 0.3) is 0 Å². The highest BCUT2D eigenvalue weighted by atomic mass is 19.1. The second-order valence-corrected chi connectivity index (χ2v) is 6.95. The monoisotopic (exact) mass is 389 g/mol. The summed E-state index contributed by atoms with van der Waals surface area (Å²) >= 11 is 0. The van der Waals surface area contributed by atoms with E-state index in [1.54, 1.807) is 18.3 Å². The number of morpholine rings is 1. The van der Waals surface area contributed by atoms with Gasteiger partial charge in [0, 0.05) is 42.2 Å². The number of anilines is 2. The first-order valence-corrected chi connectivity index (χ1v) is 9.56. The molecule has 4 aromatic rings. The first kappa shape index (κ1) is 17.8.